The lowest BCUT2D eigenvalue weighted by Crippen LogP contribution is -2.39. The third-order valence-electron chi connectivity index (χ3n) is 4.67. The zero-order valence-electron chi connectivity index (χ0n) is 15.6. The lowest BCUT2D eigenvalue weighted by atomic mass is 9.94. The van der Waals surface area contributed by atoms with Gasteiger partial charge < -0.3 is 9.64 Å². The molecule has 146 valence electrons. The molecule has 2 rings (SSSR count). The molecule has 0 aliphatic carbocycles. The first-order valence-corrected chi connectivity index (χ1v) is 10.7. The number of carbonyl (C=O) groups excluding carboxylic acids is 1. The monoisotopic (exact) mass is 383 g/mol. The number of rotatable bonds is 8. The van der Waals surface area contributed by atoms with Crippen LogP contribution < -0.4 is 0 Å². The van der Waals surface area contributed by atoms with Crippen LogP contribution in [0, 0.1) is 12.8 Å². The number of hydrogen-bond acceptors (Lipinski definition) is 5. The number of unbranched alkanes of at least 4 members (excludes halogenated alkanes) is 1. The first kappa shape index (κ1) is 20.7. The van der Waals surface area contributed by atoms with E-state index in [4.69, 9.17) is 8.92 Å². The number of likely N-dealkylation sites (tertiary alicyclic amines) is 1. The van der Waals surface area contributed by atoms with E-state index in [9.17, 15) is 13.2 Å². The number of nitrogens with zero attached hydrogens (tertiary/aromatic N) is 1. The van der Waals surface area contributed by atoms with Crippen molar-refractivity contribution in [1.82, 2.24) is 4.90 Å². The average Bonchev–Trinajstić information content (AvgIpc) is 2.62. The molecule has 0 radical (unpaired) electrons. The fraction of sp³-hybridized carbons (Fsp3) is 0.632. The van der Waals surface area contributed by atoms with E-state index in [0.717, 1.165) is 31.2 Å². The molecular weight excluding hydrogens is 354 g/mol. The van der Waals surface area contributed by atoms with Gasteiger partial charge in [0.25, 0.3) is 10.1 Å². The molecule has 1 aromatic rings. The number of aryl methyl sites for hydroxylation is 1. The number of ether oxygens (including phenoxy) is 1. The Morgan fingerprint density at radius 2 is 1.81 bits per heavy atom. The smallest absolute Gasteiger partial charge is 0.409 e. The molecule has 0 unspecified atom stereocenters. The first-order valence-electron chi connectivity index (χ1n) is 9.30. The van der Waals surface area contributed by atoms with Crippen molar-refractivity contribution in [1.29, 1.82) is 0 Å². The minimum absolute atomic E-state index is 0.168. The number of amides is 1. The molecule has 6 nitrogen and oxygen atoms in total. The summed E-state index contributed by atoms with van der Waals surface area (Å²) in [5, 5.41) is 0. The molecule has 0 bridgehead atoms. The van der Waals surface area contributed by atoms with E-state index in [1.54, 1.807) is 29.2 Å². The van der Waals surface area contributed by atoms with Crippen LogP contribution in [0.5, 0.6) is 0 Å². The minimum Gasteiger partial charge on any atom is -0.449 e. The standard InChI is InChI=1S/C19H29NO5S/c1-3-4-14-24-19(21)20-12-9-17(10-13-20)11-15-25-26(22,23)18-7-5-16(2)6-8-18/h5-8,17H,3-4,9-15H2,1-2H3. The summed E-state index contributed by atoms with van der Waals surface area (Å²) in [6.45, 7) is 5.91. The highest BCUT2D eigenvalue weighted by molar-refractivity contribution is 7.86. The molecule has 0 aromatic heterocycles. The van der Waals surface area contributed by atoms with Crippen molar-refractivity contribution in [2.75, 3.05) is 26.3 Å². The SMILES string of the molecule is CCCCOC(=O)N1CCC(CCOS(=O)(=O)c2ccc(C)cc2)CC1. The van der Waals surface area contributed by atoms with Gasteiger partial charge in [0, 0.05) is 13.1 Å². The van der Waals surface area contributed by atoms with Gasteiger partial charge in [-0.1, -0.05) is 31.0 Å². The number of piperidine rings is 1. The molecule has 1 aromatic carbocycles. The van der Waals surface area contributed by atoms with Crippen molar-refractivity contribution in [3.8, 4) is 0 Å². The van der Waals surface area contributed by atoms with E-state index >= 15 is 0 Å². The molecular formula is C19H29NO5S. The maximum absolute atomic E-state index is 12.2. The third kappa shape index (κ3) is 6.29. The number of benzene rings is 1. The average molecular weight is 384 g/mol. The molecule has 1 saturated heterocycles. The van der Waals surface area contributed by atoms with Crippen LogP contribution in [-0.4, -0.2) is 45.7 Å². The van der Waals surface area contributed by atoms with Crippen LogP contribution >= 0.6 is 0 Å². The van der Waals surface area contributed by atoms with Crippen LogP contribution in [0.1, 0.15) is 44.6 Å². The molecule has 1 amide bonds. The van der Waals surface area contributed by atoms with Crippen molar-refractivity contribution in [3.05, 3.63) is 29.8 Å². The summed E-state index contributed by atoms with van der Waals surface area (Å²) < 4.78 is 34.7. The van der Waals surface area contributed by atoms with Crippen LogP contribution in [-0.2, 0) is 19.0 Å². The van der Waals surface area contributed by atoms with Crippen LogP contribution in [0.25, 0.3) is 0 Å². The van der Waals surface area contributed by atoms with E-state index < -0.39 is 10.1 Å². The van der Waals surface area contributed by atoms with Gasteiger partial charge in [-0.25, -0.2) is 4.79 Å². The Morgan fingerprint density at radius 1 is 1.15 bits per heavy atom. The Bertz CT molecular complexity index is 664. The van der Waals surface area contributed by atoms with Gasteiger partial charge >= 0.3 is 6.09 Å². The lowest BCUT2D eigenvalue weighted by Gasteiger charge is -2.31. The summed E-state index contributed by atoms with van der Waals surface area (Å²) in [7, 11) is -3.70. The second-order valence-corrected chi connectivity index (χ2v) is 8.39. The van der Waals surface area contributed by atoms with Crippen molar-refractivity contribution in [2.45, 2.75) is 50.8 Å². The summed E-state index contributed by atoms with van der Waals surface area (Å²) in [6, 6.07) is 6.64. The second kappa shape index (κ2) is 9.92. The van der Waals surface area contributed by atoms with E-state index in [1.165, 1.54) is 0 Å². The van der Waals surface area contributed by atoms with E-state index in [0.29, 0.717) is 32.0 Å². The lowest BCUT2D eigenvalue weighted by molar-refractivity contribution is 0.0844. The zero-order valence-corrected chi connectivity index (χ0v) is 16.5. The van der Waals surface area contributed by atoms with Gasteiger partial charge in [0.1, 0.15) is 0 Å². The largest absolute Gasteiger partial charge is 0.449 e. The van der Waals surface area contributed by atoms with Crippen LogP contribution in [0.2, 0.25) is 0 Å². The van der Waals surface area contributed by atoms with Crippen molar-refractivity contribution >= 4 is 16.2 Å². The van der Waals surface area contributed by atoms with E-state index in [1.807, 2.05) is 6.92 Å². The van der Waals surface area contributed by atoms with Gasteiger partial charge in [0.2, 0.25) is 0 Å². The summed E-state index contributed by atoms with van der Waals surface area (Å²) in [6.07, 6.45) is 4.00. The fourth-order valence-electron chi connectivity index (χ4n) is 2.90. The number of carbonyl (C=O) groups is 1. The molecule has 1 heterocycles. The summed E-state index contributed by atoms with van der Waals surface area (Å²) in [5.74, 6) is 0.364. The summed E-state index contributed by atoms with van der Waals surface area (Å²) >= 11 is 0. The highest BCUT2D eigenvalue weighted by Gasteiger charge is 2.24. The predicted octanol–water partition coefficient (Wildman–Crippen LogP) is 3.74. The Morgan fingerprint density at radius 3 is 2.42 bits per heavy atom. The van der Waals surface area contributed by atoms with Crippen molar-refractivity contribution in [3.63, 3.8) is 0 Å². The Kier molecular flexibility index (Phi) is 7.90. The summed E-state index contributed by atoms with van der Waals surface area (Å²) in [5.41, 5.74) is 1.00. The van der Waals surface area contributed by atoms with Crippen LogP contribution in [0.3, 0.4) is 0 Å². The Labute approximate surface area is 156 Å². The molecule has 7 heteroatoms. The Hall–Kier alpha value is -1.60. The summed E-state index contributed by atoms with van der Waals surface area (Å²) in [4.78, 5) is 13.8. The van der Waals surface area contributed by atoms with Gasteiger partial charge in [-0.3, -0.25) is 4.18 Å². The van der Waals surface area contributed by atoms with Crippen LogP contribution in [0.15, 0.2) is 29.2 Å². The van der Waals surface area contributed by atoms with E-state index in [-0.39, 0.29) is 17.6 Å². The van der Waals surface area contributed by atoms with Crippen molar-refractivity contribution < 1.29 is 22.1 Å². The molecule has 0 atom stereocenters. The van der Waals surface area contributed by atoms with Crippen LogP contribution in [0.4, 0.5) is 4.79 Å². The number of hydrogen-bond donors (Lipinski definition) is 0. The highest BCUT2D eigenvalue weighted by atomic mass is 32.2. The fourth-order valence-corrected chi connectivity index (χ4v) is 3.82. The molecule has 1 aliphatic rings. The maximum atomic E-state index is 12.2. The topological polar surface area (TPSA) is 72.9 Å². The Balaban J connectivity index is 1.70. The second-order valence-electron chi connectivity index (χ2n) is 6.78. The van der Waals surface area contributed by atoms with Gasteiger partial charge in [-0.05, 0) is 50.7 Å². The van der Waals surface area contributed by atoms with Gasteiger partial charge in [-0.15, -0.1) is 0 Å². The third-order valence-corrected chi connectivity index (χ3v) is 6.00. The molecule has 1 aliphatic heterocycles. The van der Waals surface area contributed by atoms with Crippen molar-refractivity contribution in [2.24, 2.45) is 5.92 Å². The normalized spacial score (nSPS) is 15.8. The van der Waals surface area contributed by atoms with Gasteiger partial charge in [0.15, 0.2) is 0 Å². The first-order chi connectivity index (χ1) is 12.4. The molecule has 0 N–H and O–H groups in total. The van der Waals surface area contributed by atoms with E-state index in [2.05, 4.69) is 6.92 Å². The molecule has 1 fully saturated rings. The van der Waals surface area contributed by atoms with Gasteiger partial charge in [0.05, 0.1) is 18.1 Å². The molecule has 0 saturated carbocycles. The maximum Gasteiger partial charge on any atom is 0.409 e. The minimum atomic E-state index is -3.70. The predicted molar refractivity (Wildman–Crippen MR) is 99.5 cm³/mol. The zero-order chi connectivity index (χ0) is 19.0. The highest BCUT2D eigenvalue weighted by Crippen LogP contribution is 2.22. The molecule has 26 heavy (non-hydrogen) atoms. The van der Waals surface area contributed by atoms with Gasteiger partial charge in [-0.2, -0.15) is 8.42 Å². The molecule has 0 spiro atoms. The quantitative estimate of drug-likeness (QED) is 0.505.